The summed E-state index contributed by atoms with van der Waals surface area (Å²) in [5.74, 6) is 1.64. The first kappa shape index (κ1) is 10.5. The quantitative estimate of drug-likeness (QED) is 0.688. The summed E-state index contributed by atoms with van der Waals surface area (Å²) in [7, 11) is 0. The molecule has 82 valence electrons. The highest BCUT2D eigenvalue weighted by Crippen LogP contribution is 2.39. The van der Waals surface area contributed by atoms with Crippen LogP contribution in [0.4, 0.5) is 0 Å². The van der Waals surface area contributed by atoms with Crippen molar-refractivity contribution in [1.82, 2.24) is 5.32 Å². The van der Waals surface area contributed by atoms with Crippen LogP contribution in [0.15, 0.2) is 36.1 Å². The van der Waals surface area contributed by atoms with Crippen molar-refractivity contribution >= 4 is 0 Å². The number of nitrogens with one attached hydrogen (secondary N) is 1. The zero-order chi connectivity index (χ0) is 10.7. The minimum atomic E-state index is 0.782. The Hall–Kier alpha value is -0.980. The summed E-state index contributed by atoms with van der Waals surface area (Å²) in [6.45, 7) is 7.11. The highest BCUT2D eigenvalue weighted by Gasteiger charge is 2.32. The summed E-state index contributed by atoms with van der Waals surface area (Å²) >= 11 is 0. The normalized spacial score (nSPS) is 36.1. The van der Waals surface area contributed by atoms with E-state index in [1.807, 2.05) is 6.08 Å². The van der Waals surface area contributed by atoms with E-state index in [-0.39, 0.29) is 0 Å². The molecule has 0 bridgehead atoms. The Morgan fingerprint density at radius 1 is 1.33 bits per heavy atom. The molecule has 0 spiro atoms. The van der Waals surface area contributed by atoms with Gasteiger partial charge in [0.15, 0.2) is 0 Å². The molecule has 2 aliphatic rings. The summed E-state index contributed by atoms with van der Waals surface area (Å²) < 4.78 is 0. The molecule has 1 aliphatic carbocycles. The van der Waals surface area contributed by atoms with Crippen LogP contribution in [0.2, 0.25) is 0 Å². The van der Waals surface area contributed by atoms with Crippen LogP contribution in [-0.2, 0) is 0 Å². The fraction of sp³-hybridized carbons (Fsp3) is 0.571. The number of rotatable bonds is 1. The summed E-state index contributed by atoms with van der Waals surface area (Å²) in [6, 6.07) is 0. The molecule has 1 saturated heterocycles. The molecule has 1 saturated carbocycles. The summed E-state index contributed by atoms with van der Waals surface area (Å²) in [5.41, 5.74) is 2.82. The Morgan fingerprint density at radius 3 is 2.87 bits per heavy atom. The zero-order valence-corrected chi connectivity index (χ0v) is 9.63. The zero-order valence-electron chi connectivity index (χ0n) is 9.63. The lowest BCUT2D eigenvalue weighted by molar-refractivity contribution is 0.250. The number of piperidine rings is 1. The minimum absolute atomic E-state index is 0.782. The van der Waals surface area contributed by atoms with Crippen LogP contribution < -0.4 is 5.32 Å². The van der Waals surface area contributed by atoms with Gasteiger partial charge in [-0.2, -0.15) is 0 Å². The fourth-order valence-electron chi connectivity index (χ4n) is 3.01. The highest BCUT2D eigenvalue weighted by molar-refractivity contribution is 5.36. The van der Waals surface area contributed by atoms with E-state index in [1.54, 1.807) is 0 Å². The third-order valence-corrected chi connectivity index (χ3v) is 3.76. The van der Waals surface area contributed by atoms with Gasteiger partial charge in [0.2, 0.25) is 0 Å². The average molecular weight is 203 g/mol. The third kappa shape index (κ3) is 2.01. The lowest BCUT2D eigenvalue weighted by Crippen LogP contribution is -2.38. The largest absolute Gasteiger partial charge is 0.385 e. The lowest BCUT2D eigenvalue weighted by Gasteiger charge is -2.39. The van der Waals surface area contributed by atoms with Crippen LogP contribution in [0.5, 0.6) is 0 Å². The molecule has 0 radical (unpaired) electrons. The smallest absolute Gasteiger partial charge is 0.0332 e. The Morgan fingerprint density at radius 2 is 2.13 bits per heavy atom. The first-order valence-corrected chi connectivity index (χ1v) is 6.10. The molecule has 0 amide bonds. The van der Waals surface area contributed by atoms with Gasteiger partial charge in [-0.3, -0.25) is 0 Å². The van der Waals surface area contributed by atoms with Gasteiger partial charge in [0, 0.05) is 12.2 Å². The Balaban J connectivity index is 2.25. The monoisotopic (exact) mass is 203 g/mol. The van der Waals surface area contributed by atoms with Gasteiger partial charge in [0.25, 0.3) is 0 Å². The van der Waals surface area contributed by atoms with E-state index in [0.29, 0.717) is 0 Å². The molecule has 0 aromatic carbocycles. The Labute approximate surface area is 93.0 Å². The van der Waals surface area contributed by atoms with Crippen LogP contribution in [0.3, 0.4) is 0 Å². The maximum atomic E-state index is 3.83. The number of hydrogen-bond acceptors (Lipinski definition) is 1. The summed E-state index contributed by atoms with van der Waals surface area (Å²) in [5, 5.41) is 3.55. The molecule has 2 rings (SSSR count). The molecule has 1 heteroatoms. The van der Waals surface area contributed by atoms with Gasteiger partial charge < -0.3 is 5.32 Å². The third-order valence-electron chi connectivity index (χ3n) is 3.76. The van der Waals surface area contributed by atoms with Gasteiger partial charge in [-0.1, -0.05) is 37.6 Å². The summed E-state index contributed by atoms with van der Waals surface area (Å²) in [4.78, 5) is 0. The first-order chi connectivity index (χ1) is 7.36. The van der Waals surface area contributed by atoms with Gasteiger partial charge in [0.1, 0.15) is 0 Å². The molecule has 2 fully saturated rings. The minimum Gasteiger partial charge on any atom is -0.385 e. The van der Waals surface area contributed by atoms with E-state index in [9.17, 15) is 0 Å². The van der Waals surface area contributed by atoms with Gasteiger partial charge in [0.05, 0.1) is 0 Å². The molecule has 15 heavy (non-hydrogen) atoms. The number of fused-ring (bicyclic) bond motifs is 1. The predicted octanol–water partition coefficient (Wildman–Crippen LogP) is 3.41. The molecule has 2 atom stereocenters. The Kier molecular flexibility index (Phi) is 3.30. The van der Waals surface area contributed by atoms with Crippen molar-refractivity contribution in [1.29, 1.82) is 0 Å². The van der Waals surface area contributed by atoms with Crippen molar-refractivity contribution in [2.24, 2.45) is 11.8 Å². The van der Waals surface area contributed by atoms with Crippen molar-refractivity contribution in [3.05, 3.63) is 36.1 Å². The maximum Gasteiger partial charge on any atom is 0.0332 e. The van der Waals surface area contributed by atoms with E-state index in [2.05, 4.69) is 31.0 Å². The molecule has 0 aromatic heterocycles. The molecule has 1 heterocycles. The van der Waals surface area contributed by atoms with E-state index in [0.717, 1.165) is 11.8 Å². The highest BCUT2D eigenvalue weighted by atomic mass is 14.9. The molecule has 1 N–H and O–H groups in total. The standard InChI is InChI=1S/C14H21N/c1-3-7-13-12-9-6-5-8-11(12)10-15-14(13)4-2/h3-4,7,11-12,15H,1,5-6,8-10H2,2H3/b13-7-,14-4+. The van der Waals surface area contributed by atoms with Crippen molar-refractivity contribution in [2.45, 2.75) is 32.6 Å². The Bertz CT molecular complexity index is 298. The topological polar surface area (TPSA) is 12.0 Å². The first-order valence-electron chi connectivity index (χ1n) is 6.10. The van der Waals surface area contributed by atoms with Crippen molar-refractivity contribution in [3.63, 3.8) is 0 Å². The van der Waals surface area contributed by atoms with E-state index in [1.165, 1.54) is 43.5 Å². The second kappa shape index (κ2) is 4.69. The van der Waals surface area contributed by atoms with Crippen LogP contribution in [-0.4, -0.2) is 6.54 Å². The van der Waals surface area contributed by atoms with Crippen molar-refractivity contribution in [2.75, 3.05) is 6.54 Å². The van der Waals surface area contributed by atoms with Gasteiger partial charge in [-0.15, -0.1) is 0 Å². The number of hydrogen-bond donors (Lipinski definition) is 1. The SMILES string of the molecule is C=C/C=C1\C(=C/C)NCC2CCCCC12. The molecule has 0 aromatic rings. The van der Waals surface area contributed by atoms with Crippen LogP contribution in [0.25, 0.3) is 0 Å². The van der Waals surface area contributed by atoms with E-state index >= 15 is 0 Å². The van der Waals surface area contributed by atoms with Crippen LogP contribution in [0.1, 0.15) is 32.6 Å². The van der Waals surface area contributed by atoms with Crippen molar-refractivity contribution in [3.8, 4) is 0 Å². The van der Waals surface area contributed by atoms with Gasteiger partial charge in [-0.25, -0.2) is 0 Å². The molecule has 1 nitrogen and oxygen atoms in total. The average Bonchev–Trinajstić information content (AvgIpc) is 2.30. The molecular formula is C14H21N. The maximum absolute atomic E-state index is 3.83. The van der Waals surface area contributed by atoms with Crippen molar-refractivity contribution < 1.29 is 0 Å². The second-order valence-corrected chi connectivity index (χ2v) is 4.59. The van der Waals surface area contributed by atoms with Crippen LogP contribution in [0, 0.1) is 11.8 Å². The van der Waals surface area contributed by atoms with Gasteiger partial charge >= 0.3 is 0 Å². The molecule has 2 unspecified atom stereocenters. The number of allylic oxidation sites excluding steroid dienone is 4. The molecular weight excluding hydrogens is 182 g/mol. The van der Waals surface area contributed by atoms with E-state index < -0.39 is 0 Å². The summed E-state index contributed by atoms with van der Waals surface area (Å²) in [6.07, 6.45) is 11.9. The second-order valence-electron chi connectivity index (χ2n) is 4.59. The van der Waals surface area contributed by atoms with E-state index in [4.69, 9.17) is 0 Å². The fourth-order valence-corrected chi connectivity index (χ4v) is 3.01. The lowest BCUT2D eigenvalue weighted by atomic mass is 9.72. The predicted molar refractivity (Wildman–Crippen MR) is 65.5 cm³/mol. The van der Waals surface area contributed by atoms with Gasteiger partial charge in [-0.05, 0) is 37.2 Å². The van der Waals surface area contributed by atoms with Crippen LogP contribution >= 0.6 is 0 Å². The molecule has 1 aliphatic heterocycles.